The number of carbonyl (C=O) groups is 2. The van der Waals surface area contributed by atoms with E-state index in [1.807, 2.05) is 0 Å². The predicted octanol–water partition coefficient (Wildman–Crippen LogP) is 2.02. The maximum absolute atomic E-state index is 11.4. The average molecular weight is 247 g/mol. The average Bonchev–Trinajstić information content (AvgIpc) is 2.17. The molecule has 0 radical (unpaired) electrons. The second-order valence-corrected chi connectivity index (χ2v) is 4.81. The van der Waals surface area contributed by atoms with Gasteiger partial charge < -0.3 is 5.32 Å². The molecule has 92 valence electrons. The van der Waals surface area contributed by atoms with Crippen molar-refractivity contribution in [2.45, 2.75) is 45.1 Å². The van der Waals surface area contributed by atoms with Crippen LogP contribution in [0.4, 0.5) is 4.79 Å². The third kappa shape index (κ3) is 4.84. The summed E-state index contributed by atoms with van der Waals surface area (Å²) in [6.07, 6.45) is 4.54. The van der Waals surface area contributed by atoms with Gasteiger partial charge in [-0.3, -0.25) is 10.1 Å². The number of hydrogen-bond donors (Lipinski definition) is 2. The van der Waals surface area contributed by atoms with Gasteiger partial charge in [-0.25, -0.2) is 4.79 Å². The van der Waals surface area contributed by atoms with E-state index in [2.05, 4.69) is 17.6 Å². The second-order valence-electron chi connectivity index (χ2n) is 4.43. The largest absolute Gasteiger partial charge is 0.335 e. The van der Waals surface area contributed by atoms with Crippen LogP contribution in [-0.4, -0.2) is 23.9 Å². The molecule has 3 amide bonds. The molecule has 0 spiro atoms. The molecule has 1 fully saturated rings. The van der Waals surface area contributed by atoms with Crippen molar-refractivity contribution in [3.05, 3.63) is 0 Å². The zero-order valence-corrected chi connectivity index (χ0v) is 10.3. The quantitative estimate of drug-likeness (QED) is 0.749. The second kappa shape index (κ2) is 6.74. The summed E-state index contributed by atoms with van der Waals surface area (Å²) in [4.78, 5) is 22.5. The van der Waals surface area contributed by atoms with E-state index in [0.29, 0.717) is 5.92 Å². The van der Waals surface area contributed by atoms with Gasteiger partial charge in [0.2, 0.25) is 5.91 Å². The summed E-state index contributed by atoms with van der Waals surface area (Å²) >= 11 is 5.40. The molecule has 0 aromatic rings. The number of imide groups is 1. The molecule has 5 heteroatoms. The fourth-order valence-electron chi connectivity index (χ4n) is 2.06. The minimum absolute atomic E-state index is 0.177. The van der Waals surface area contributed by atoms with E-state index in [1.165, 1.54) is 6.42 Å². The maximum Gasteiger partial charge on any atom is 0.321 e. The van der Waals surface area contributed by atoms with Crippen LogP contribution in [0.1, 0.15) is 39.0 Å². The first-order valence-electron chi connectivity index (χ1n) is 5.78. The number of nitrogens with one attached hydrogen (secondary N) is 2. The summed E-state index contributed by atoms with van der Waals surface area (Å²) in [7, 11) is 0. The number of urea groups is 1. The van der Waals surface area contributed by atoms with Crippen LogP contribution in [0.3, 0.4) is 0 Å². The Kier molecular flexibility index (Phi) is 5.60. The third-order valence-corrected chi connectivity index (χ3v) is 3.04. The van der Waals surface area contributed by atoms with Crippen LogP contribution in [0.25, 0.3) is 0 Å². The molecule has 0 bridgehead atoms. The number of rotatable bonds is 3. The van der Waals surface area contributed by atoms with Crippen molar-refractivity contribution in [2.24, 2.45) is 5.92 Å². The normalized spacial score (nSPS) is 24.9. The van der Waals surface area contributed by atoms with Gasteiger partial charge in [0.1, 0.15) is 0 Å². The van der Waals surface area contributed by atoms with Crippen LogP contribution in [-0.2, 0) is 4.79 Å². The Balaban J connectivity index is 2.25. The van der Waals surface area contributed by atoms with Gasteiger partial charge in [0.15, 0.2) is 0 Å². The van der Waals surface area contributed by atoms with Crippen LogP contribution in [0.15, 0.2) is 0 Å². The van der Waals surface area contributed by atoms with E-state index in [0.717, 1.165) is 19.3 Å². The molecule has 0 aromatic heterocycles. The van der Waals surface area contributed by atoms with Gasteiger partial charge >= 0.3 is 6.03 Å². The fraction of sp³-hybridized carbons (Fsp3) is 0.818. The maximum atomic E-state index is 11.4. The SMILES string of the molecule is CC1CCCC(NC(=O)NC(=O)CCCl)C1. The molecule has 0 aliphatic heterocycles. The van der Waals surface area contributed by atoms with Gasteiger partial charge in [-0.1, -0.05) is 19.8 Å². The summed E-state index contributed by atoms with van der Waals surface area (Å²) in [6, 6.07) is -0.193. The van der Waals surface area contributed by atoms with Crippen molar-refractivity contribution in [3.8, 4) is 0 Å². The van der Waals surface area contributed by atoms with Crippen LogP contribution in [0.2, 0.25) is 0 Å². The summed E-state index contributed by atoms with van der Waals surface area (Å²) in [5.74, 6) is 0.563. The van der Waals surface area contributed by atoms with Crippen molar-refractivity contribution in [1.82, 2.24) is 10.6 Å². The highest BCUT2D eigenvalue weighted by atomic mass is 35.5. The number of alkyl halides is 1. The zero-order chi connectivity index (χ0) is 12.0. The van der Waals surface area contributed by atoms with E-state index < -0.39 is 6.03 Å². The van der Waals surface area contributed by atoms with E-state index in [4.69, 9.17) is 11.6 Å². The van der Waals surface area contributed by atoms with Crippen LogP contribution >= 0.6 is 11.6 Å². The monoisotopic (exact) mass is 246 g/mol. The first-order chi connectivity index (χ1) is 7.61. The molecule has 1 rings (SSSR count). The molecule has 0 aromatic carbocycles. The van der Waals surface area contributed by atoms with Crippen LogP contribution in [0.5, 0.6) is 0 Å². The molecular weight excluding hydrogens is 228 g/mol. The molecule has 2 atom stereocenters. The van der Waals surface area contributed by atoms with Crippen molar-refractivity contribution in [3.63, 3.8) is 0 Å². The van der Waals surface area contributed by atoms with Crippen molar-refractivity contribution >= 4 is 23.5 Å². The summed E-state index contributed by atoms with van der Waals surface area (Å²) < 4.78 is 0. The van der Waals surface area contributed by atoms with Gasteiger partial charge in [0, 0.05) is 18.3 Å². The molecule has 1 aliphatic rings. The van der Waals surface area contributed by atoms with Crippen molar-refractivity contribution in [1.29, 1.82) is 0 Å². The Morgan fingerprint density at radius 1 is 1.38 bits per heavy atom. The van der Waals surface area contributed by atoms with Gasteiger partial charge in [0.05, 0.1) is 0 Å². The van der Waals surface area contributed by atoms with E-state index in [-0.39, 0.29) is 24.2 Å². The highest BCUT2D eigenvalue weighted by Gasteiger charge is 2.20. The fourth-order valence-corrected chi connectivity index (χ4v) is 2.23. The number of amides is 3. The molecule has 0 saturated heterocycles. The summed E-state index contributed by atoms with van der Waals surface area (Å²) in [5, 5.41) is 5.09. The van der Waals surface area contributed by atoms with Crippen LogP contribution < -0.4 is 10.6 Å². The minimum Gasteiger partial charge on any atom is -0.335 e. The van der Waals surface area contributed by atoms with E-state index in [9.17, 15) is 9.59 Å². The number of carbonyl (C=O) groups excluding carboxylic acids is 2. The Bertz CT molecular complexity index is 258. The molecule has 2 N–H and O–H groups in total. The topological polar surface area (TPSA) is 58.2 Å². The van der Waals surface area contributed by atoms with E-state index >= 15 is 0 Å². The Morgan fingerprint density at radius 3 is 2.75 bits per heavy atom. The third-order valence-electron chi connectivity index (χ3n) is 2.85. The summed E-state index contributed by atoms with van der Waals surface area (Å²) in [6.45, 7) is 2.18. The lowest BCUT2D eigenvalue weighted by Gasteiger charge is -2.27. The van der Waals surface area contributed by atoms with Gasteiger partial charge in [-0.05, 0) is 18.8 Å². The number of halogens is 1. The lowest BCUT2D eigenvalue weighted by atomic mass is 9.87. The smallest absolute Gasteiger partial charge is 0.321 e. The standard InChI is InChI=1S/C11H19ClN2O2/c1-8-3-2-4-9(7-8)13-11(16)14-10(15)5-6-12/h8-9H,2-7H2,1H3,(H2,13,14,15,16). The molecule has 1 saturated carbocycles. The zero-order valence-electron chi connectivity index (χ0n) is 9.59. The highest BCUT2D eigenvalue weighted by molar-refractivity contribution is 6.19. The minimum atomic E-state index is -0.394. The Morgan fingerprint density at radius 2 is 2.12 bits per heavy atom. The Labute approximate surface area is 101 Å². The van der Waals surface area contributed by atoms with Crippen LogP contribution in [0, 0.1) is 5.92 Å². The molecule has 16 heavy (non-hydrogen) atoms. The molecule has 0 heterocycles. The predicted molar refractivity (Wildman–Crippen MR) is 63.4 cm³/mol. The summed E-state index contributed by atoms with van der Waals surface area (Å²) in [5.41, 5.74) is 0. The first-order valence-corrected chi connectivity index (χ1v) is 6.31. The molecular formula is C11H19ClN2O2. The van der Waals surface area contributed by atoms with E-state index in [1.54, 1.807) is 0 Å². The first kappa shape index (κ1) is 13.3. The molecule has 1 aliphatic carbocycles. The highest BCUT2D eigenvalue weighted by Crippen LogP contribution is 2.23. The lowest BCUT2D eigenvalue weighted by Crippen LogP contribution is -2.46. The van der Waals surface area contributed by atoms with Gasteiger partial charge in [-0.2, -0.15) is 0 Å². The Hall–Kier alpha value is -0.770. The molecule has 2 unspecified atom stereocenters. The number of hydrogen-bond acceptors (Lipinski definition) is 2. The van der Waals surface area contributed by atoms with Crippen molar-refractivity contribution in [2.75, 3.05) is 5.88 Å². The van der Waals surface area contributed by atoms with Crippen molar-refractivity contribution < 1.29 is 9.59 Å². The lowest BCUT2D eigenvalue weighted by molar-refractivity contribution is -0.119. The van der Waals surface area contributed by atoms with Gasteiger partial charge in [-0.15, -0.1) is 11.6 Å². The van der Waals surface area contributed by atoms with Gasteiger partial charge in [0.25, 0.3) is 0 Å². The molecule has 4 nitrogen and oxygen atoms in total.